The highest BCUT2D eigenvalue weighted by atomic mass is 32.5. The van der Waals surface area contributed by atoms with Crippen molar-refractivity contribution in [3.63, 3.8) is 0 Å². The van der Waals surface area contributed by atoms with Gasteiger partial charge in [0, 0.05) is 105 Å². The van der Waals surface area contributed by atoms with E-state index in [2.05, 4.69) is 62.8 Å². The van der Waals surface area contributed by atoms with Gasteiger partial charge in [-0.05, 0) is 72.8 Å². The van der Waals surface area contributed by atoms with Gasteiger partial charge in [0.1, 0.15) is 13.0 Å². The van der Waals surface area contributed by atoms with Gasteiger partial charge >= 0.3 is 13.7 Å². The Hall–Kier alpha value is -1.11. The zero-order chi connectivity index (χ0) is 36.7. The van der Waals surface area contributed by atoms with Crippen LogP contribution in [0.4, 0.5) is 22.6 Å². The quantitative estimate of drug-likeness (QED) is 0.223. The standard InChI is InChI=1S/C9H12N6.C7H14N3O3P.C6H12N3PS.C6H18N3PS/c1-2-13(1)7-10-8(14-3-4-14)12-9(11-7)15-5-6-15;1-2-13-7(11)8-14(12,9-3-4-9)10-5-6-10;11-10(7-1-2-7,8-3-4-8)9-5-6-9;1-7(2)10(11,8(3)4)9(5)6/h1-6H2;2-6H2,1H3,(H,8,11,12);1-6H2;1-6H3. The van der Waals surface area contributed by atoms with Crippen molar-refractivity contribution in [1.29, 1.82) is 0 Å². The second kappa shape index (κ2) is 15.9. The number of hydrogen-bond donors (Lipinski definition) is 1. The van der Waals surface area contributed by atoms with Gasteiger partial charge in [-0.3, -0.25) is 18.6 Å². The molecule has 0 aromatic carbocycles. The van der Waals surface area contributed by atoms with Crippen molar-refractivity contribution in [3.05, 3.63) is 0 Å². The van der Waals surface area contributed by atoms with Crippen LogP contribution in [0.15, 0.2) is 0 Å². The van der Waals surface area contributed by atoms with Crippen molar-refractivity contribution in [3.8, 4) is 0 Å². The van der Waals surface area contributed by atoms with Crippen LogP contribution in [0, 0.1) is 0 Å². The Labute approximate surface area is 313 Å². The van der Waals surface area contributed by atoms with Crippen molar-refractivity contribution < 1.29 is 14.1 Å². The lowest BCUT2D eigenvalue weighted by Crippen LogP contribution is -2.29. The molecule has 0 atom stereocenters. The molecule has 0 bridgehead atoms. The molecular formula is C28H56N15O3P3S2. The predicted molar refractivity (Wildman–Crippen MR) is 212 cm³/mol. The van der Waals surface area contributed by atoms with Gasteiger partial charge in [0.05, 0.1) is 6.61 Å². The van der Waals surface area contributed by atoms with Crippen molar-refractivity contribution in [1.82, 2.24) is 57.4 Å². The number of carbonyl (C=O) groups is 1. The lowest BCUT2D eigenvalue weighted by molar-refractivity contribution is 0.157. The average molecular weight is 808 g/mol. The normalized spacial score (nSPS) is 22.4. The number of ether oxygens (including phenoxy) is 1. The molecule has 8 saturated heterocycles. The smallest absolute Gasteiger partial charge is 0.414 e. The summed E-state index contributed by atoms with van der Waals surface area (Å²) in [5.41, 5.74) is 0. The molecule has 9 heterocycles. The molecule has 8 fully saturated rings. The number of nitrogens with zero attached hydrogens (tertiary/aromatic N) is 14. The van der Waals surface area contributed by atoms with Crippen molar-refractivity contribution in [2.45, 2.75) is 6.92 Å². The van der Waals surface area contributed by atoms with Crippen LogP contribution in [0.5, 0.6) is 0 Å². The fourth-order valence-electron chi connectivity index (χ4n) is 5.28. The second-order valence-electron chi connectivity index (χ2n) is 13.9. The van der Waals surface area contributed by atoms with E-state index in [1.54, 1.807) is 16.3 Å². The molecule has 23 heteroatoms. The highest BCUT2D eigenvalue weighted by Gasteiger charge is 2.51. The maximum atomic E-state index is 12.3. The minimum Gasteiger partial charge on any atom is -0.450 e. The van der Waals surface area contributed by atoms with E-state index < -0.39 is 26.7 Å². The van der Waals surface area contributed by atoms with E-state index in [1.807, 2.05) is 42.3 Å². The number of aromatic nitrogens is 3. The van der Waals surface area contributed by atoms with Gasteiger partial charge < -0.3 is 19.4 Å². The molecule has 0 radical (unpaired) electrons. The Kier molecular flexibility index (Phi) is 12.4. The van der Waals surface area contributed by atoms with Crippen LogP contribution < -0.4 is 19.8 Å². The molecule has 1 amide bonds. The molecule has 51 heavy (non-hydrogen) atoms. The van der Waals surface area contributed by atoms with Crippen molar-refractivity contribution >= 4 is 68.1 Å². The summed E-state index contributed by atoms with van der Waals surface area (Å²) in [7, 11) is 9.39. The molecule has 0 unspecified atom stereocenters. The maximum Gasteiger partial charge on any atom is 0.414 e. The van der Waals surface area contributed by atoms with E-state index >= 15 is 0 Å². The van der Waals surface area contributed by atoms with E-state index in [0.29, 0.717) is 6.61 Å². The second-order valence-corrected chi connectivity index (χ2v) is 25.4. The summed E-state index contributed by atoms with van der Waals surface area (Å²) in [6.45, 7) is 16.4. The Morgan fingerprint density at radius 2 is 0.902 bits per heavy atom. The van der Waals surface area contributed by atoms with Gasteiger partial charge in [-0.2, -0.15) is 15.0 Å². The minimum absolute atomic E-state index is 0.297. The van der Waals surface area contributed by atoms with Crippen LogP contribution in [0.25, 0.3) is 0 Å². The van der Waals surface area contributed by atoms with Gasteiger partial charge in [-0.15, -0.1) is 0 Å². The average Bonchev–Trinajstić information content (AvgIpc) is 3.93. The Bertz CT molecular complexity index is 1370. The van der Waals surface area contributed by atoms with Crippen LogP contribution in [0.2, 0.25) is 0 Å². The largest absolute Gasteiger partial charge is 0.450 e. The van der Waals surface area contributed by atoms with Crippen LogP contribution in [-0.4, -0.2) is 212 Å². The fourth-order valence-corrected chi connectivity index (χ4v) is 14.0. The summed E-state index contributed by atoms with van der Waals surface area (Å²) >= 11 is 11.3. The Morgan fingerprint density at radius 1 is 0.608 bits per heavy atom. The topological polar surface area (TPSA) is 128 Å². The number of anilines is 3. The van der Waals surface area contributed by atoms with Crippen LogP contribution in [-0.2, 0) is 32.9 Å². The summed E-state index contributed by atoms with van der Waals surface area (Å²) in [5.74, 6) is 2.57. The Morgan fingerprint density at radius 3 is 1.10 bits per heavy atom. The van der Waals surface area contributed by atoms with E-state index in [1.165, 1.54) is 39.3 Å². The van der Waals surface area contributed by atoms with E-state index in [0.717, 1.165) is 83.3 Å². The first-order valence-electron chi connectivity index (χ1n) is 17.8. The summed E-state index contributed by atoms with van der Waals surface area (Å²) in [5, 5.41) is 2.46. The number of hydrogen-bond acceptors (Lipinski definition) is 11. The molecule has 8 aliphatic heterocycles. The summed E-state index contributed by atoms with van der Waals surface area (Å²) in [6, 6.07) is 0. The highest BCUT2D eigenvalue weighted by molar-refractivity contribution is 8.11. The third-order valence-electron chi connectivity index (χ3n) is 8.86. The molecule has 18 nitrogen and oxygen atoms in total. The minimum atomic E-state index is -2.78. The van der Waals surface area contributed by atoms with E-state index in [9.17, 15) is 9.36 Å². The highest BCUT2D eigenvalue weighted by Crippen LogP contribution is 2.65. The molecule has 1 aromatic rings. The zero-order valence-electron chi connectivity index (χ0n) is 31.2. The molecule has 8 aliphatic rings. The van der Waals surface area contributed by atoms with E-state index in [4.69, 9.17) is 28.4 Å². The summed E-state index contributed by atoms with van der Waals surface area (Å²) in [4.78, 5) is 31.1. The van der Waals surface area contributed by atoms with Crippen LogP contribution in [0.1, 0.15) is 6.92 Å². The van der Waals surface area contributed by atoms with Gasteiger partial charge in [0.25, 0.3) is 0 Å². The SMILES string of the molecule is C1CN1c1nc(N2CC2)nc(N2CC2)n1.CCOC(=O)NP(=O)(N1CC1)N1CC1.CN(C)P(=S)(N(C)C)N(C)C.S=P(N1CC1)(N1CC1)N1CC1. The van der Waals surface area contributed by atoms with Crippen LogP contribution >= 0.6 is 20.6 Å². The number of amides is 1. The molecule has 1 aromatic heterocycles. The molecule has 0 aliphatic carbocycles. The summed E-state index contributed by atoms with van der Waals surface area (Å²) in [6.07, 6.45) is -0.588. The van der Waals surface area contributed by atoms with Gasteiger partial charge in [0.15, 0.2) is 0 Å². The monoisotopic (exact) mass is 807 g/mol. The molecule has 0 spiro atoms. The fraction of sp³-hybridized carbons (Fsp3) is 0.857. The molecular weight excluding hydrogens is 751 g/mol. The molecule has 9 rings (SSSR count). The number of rotatable bonds is 13. The van der Waals surface area contributed by atoms with Crippen molar-refractivity contribution in [2.24, 2.45) is 0 Å². The molecule has 1 N–H and O–H groups in total. The lowest BCUT2D eigenvalue weighted by Gasteiger charge is -2.39. The lowest BCUT2D eigenvalue weighted by atomic mass is 10.8. The third kappa shape index (κ3) is 10.2. The zero-order valence-corrected chi connectivity index (χ0v) is 35.5. The first-order chi connectivity index (χ1) is 24.2. The first kappa shape index (κ1) is 39.6. The molecule has 0 saturated carbocycles. The summed E-state index contributed by atoms with van der Waals surface area (Å²) < 4.78 is 34.3. The molecule has 288 valence electrons. The van der Waals surface area contributed by atoms with Crippen molar-refractivity contribution in [2.75, 3.05) is 168 Å². The first-order valence-corrected chi connectivity index (χ1v) is 24.7. The number of nitrogens with one attached hydrogen (secondary N) is 1. The maximum absolute atomic E-state index is 12.3. The van der Waals surface area contributed by atoms with E-state index in [-0.39, 0.29) is 0 Å². The van der Waals surface area contributed by atoms with Gasteiger partial charge in [-0.1, -0.05) is 0 Å². The van der Waals surface area contributed by atoms with Gasteiger partial charge in [-0.25, -0.2) is 33.2 Å². The third-order valence-corrected chi connectivity index (χ3v) is 23.2. The van der Waals surface area contributed by atoms with Gasteiger partial charge in [0.2, 0.25) is 17.8 Å². The number of carbonyl (C=O) groups excluding carboxylic acids is 1. The predicted octanol–water partition coefficient (Wildman–Crippen LogP) is 0.857. The van der Waals surface area contributed by atoms with Crippen LogP contribution in [0.3, 0.4) is 0 Å². The Balaban J connectivity index is 0.000000118.